The van der Waals surface area contributed by atoms with Gasteiger partial charge >= 0.3 is 0 Å². The predicted molar refractivity (Wildman–Crippen MR) is 112 cm³/mol. The SMILES string of the molecule is COCCN1C(=O)C(=O)/C(=C(\O)c2ccc(OC)c(C)c2)C1c1ccc(O)c(Cl)c1. The molecule has 2 aromatic rings. The number of aliphatic hydroxyl groups is 1. The van der Waals surface area contributed by atoms with Crippen molar-refractivity contribution in [2.45, 2.75) is 13.0 Å². The lowest BCUT2D eigenvalue weighted by molar-refractivity contribution is -0.140. The molecule has 1 atom stereocenters. The zero-order valence-electron chi connectivity index (χ0n) is 16.8. The molecule has 0 bridgehead atoms. The minimum atomic E-state index is -0.874. The molecule has 30 heavy (non-hydrogen) atoms. The van der Waals surface area contributed by atoms with E-state index in [1.165, 1.54) is 31.3 Å². The van der Waals surface area contributed by atoms with Crippen molar-refractivity contribution in [2.24, 2.45) is 0 Å². The number of carbonyl (C=O) groups excluding carboxylic acids is 2. The molecule has 1 saturated heterocycles. The molecule has 2 aromatic carbocycles. The van der Waals surface area contributed by atoms with E-state index in [2.05, 4.69) is 0 Å². The Bertz CT molecular complexity index is 1030. The number of nitrogens with zero attached hydrogens (tertiary/aromatic N) is 1. The van der Waals surface area contributed by atoms with E-state index in [4.69, 9.17) is 21.1 Å². The number of aryl methyl sites for hydroxylation is 1. The molecular formula is C22H22ClNO6. The number of hydrogen-bond donors (Lipinski definition) is 2. The molecule has 1 heterocycles. The largest absolute Gasteiger partial charge is 0.507 e. The number of likely N-dealkylation sites (tertiary alicyclic amines) is 1. The number of carbonyl (C=O) groups is 2. The van der Waals surface area contributed by atoms with Gasteiger partial charge in [-0.15, -0.1) is 0 Å². The number of benzene rings is 2. The highest BCUT2D eigenvalue weighted by Gasteiger charge is 2.46. The summed E-state index contributed by atoms with van der Waals surface area (Å²) in [6.07, 6.45) is 0. The minimum Gasteiger partial charge on any atom is -0.507 e. The summed E-state index contributed by atoms with van der Waals surface area (Å²) in [5, 5.41) is 20.9. The van der Waals surface area contributed by atoms with Crippen molar-refractivity contribution < 1.29 is 29.3 Å². The second-order valence-corrected chi connectivity index (χ2v) is 7.29. The van der Waals surface area contributed by atoms with Crippen molar-refractivity contribution >= 4 is 29.1 Å². The number of Topliss-reactive ketones (excluding diaryl/α,β-unsaturated/α-hetero) is 1. The summed E-state index contributed by atoms with van der Waals surface area (Å²) >= 11 is 6.06. The number of methoxy groups -OCH3 is 2. The standard InChI is InChI=1S/C22H22ClNO6/c1-12-10-14(5-7-17(12)30-3)20(26)18-19(13-4-6-16(25)15(23)11-13)24(8-9-29-2)22(28)21(18)27/h4-7,10-11,19,25-26H,8-9H2,1-3H3/b20-18-. The molecule has 1 aliphatic rings. The molecule has 1 amide bonds. The Morgan fingerprint density at radius 1 is 1.17 bits per heavy atom. The second-order valence-electron chi connectivity index (χ2n) is 6.88. The summed E-state index contributed by atoms with van der Waals surface area (Å²) in [5.41, 5.74) is 1.58. The highest BCUT2D eigenvalue weighted by Crippen LogP contribution is 2.41. The van der Waals surface area contributed by atoms with E-state index < -0.39 is 17.7 Å². The van der Waals surface area contributed by atoms with Crippen LogP contribution in [-0.4, -0.2) is 54.2 Å². The Hall–Kier alpha value is -3.03. The van der Waals surface area contributed by atoms with Crippen LogP contribution in [0.25, 0.3) is 5.76 Å². The summed E-state index contributed by atoms with van der Waals surface area (Å²) in [6.45, 7) is 2.16. The smallest absolute Gasteiger partial charge is 0.295 e. The number of phenols is 1. The maximum atomic E-state index is 12.9. The van der Waals surface area contributed by atoms with E-state index in [1.807, 2.05) is 6.92 Å². The molecule has 7 nitrogen and oxygen atoms in total. The Labute approximate surface area is 179 Å². The number of halogens is 1. The molecule has 1 aliphatic heterocycles. The molecule has 2 N–H and O–H groups in total. The third-order valence-corrected chi connectivity index (χ3v) is 5.33. The molecule has 0 aromatic heterocycles. The lowest BCUT2D eigenvalue weighted by Gasteiger charge is -2.25. The normalized spacial score (nSPS) is 18.1. The third-order valence-electron chi connectivity index (χ3n) is 5.03. The van der Waals surface area contributed by atoms with Crippen LogP contribution in [-0.2, 0) is 14.3 Å². The molecule has 8 heteroatoms. The van der Waals surface area contributed by atoms with Gasteiger partial charge in [0.25, 0.3) is 11.7 Å². The highest BCUT2D eigenvalue weighted by atomic mass is 35.5. The lowest BCUT2D eigenvalue weighted by atomic mass is 9.94. The summed E-state index contributed by atoms with van der Waals surface area (Å²) < 4.78 is 10.3. The third kappa shape index (κ3) is 3.86. The van der Waals surface area contributed by atoms with Gasteiger partial charge < -0.3 is 24.6 Å². The molecule has 0 aliphatic carbocycles. The molecule has 0 radical (unpaired) electrons. The van der Waals surface area contributed by atoms with Crippen LogP contribution in [0.5, 0.6) is 11.5 Å². The van der Waals surface area contributed by atoms with Gasteiger partial charge in [0.2, 0.25) is 0 Å². The van der Waals surface area contributed by atoms with Gasteiger partial charge in [-0.25, -0.2) is 0 Å². The van der Waals surface area contributed by atoms with Gasteiger partial charge in [-0.3, -0.25) is 9.59 Å². The summed E-state index contributed by atoms with van der Waals surface area (Å²) in [5.74, 6) is -1.33. The summed E-state index contributed by atoms with van der Waals surface area (Å²) in [6, 6.07) is 8.51. The van der Waals surface area contributed by atoms with Gasteiger partial charge in [-0.2, -0.15) is 0 Å². The average molecular weight is 432 g/mol. The predicted octanol–water partition coefficient (Wildman–Crippen LogP) is 3.43. The molecule has 1 fully saturated rings. The minimum absolute atomic E-state index is 0.0533. The monoisotopic (exact) mass is 431 g/mol. The van der Waals surface area contributed by atoms with Crippen molar-refractivity contribution in [1.82, 2.24) is 4.90 Å². The van der Waals surface area contributed by atoms with Crippen LogP contribution in [0.1, 0.15) is 22.7 Å². The zero-order chi connectivity index (χ0) is 22.0. The van der Waals surface area contributed by atoms with Crippen LogP contribution >= 0.6 is 11.6 Å². The first kappa shape index (κ1) is 21.7. The number of phenolic OH excluding ortho intramolecular Hbond substituents is 1. The summed E-state index contributed by atoms with van der Waals surface area (Å²) in [4.78, 5) is 26.9. The molecule has 158 valence electrons. The maximum Gasteiger partial charge on any atom is 0.295 e. The van der Waals surface area contributed by atoms with Crippen molar-refractivity contribution in [3.63, 3.8) is 0 Å². The number of rotatable bonds is 6. The van der Waals surface area contributed by atoms with Crippen LogP contribution < -0.4 is 4.74 Å². The number of ether oxygens (including phenoxy) is 2. The Balaban J connectivity index is 2.19. The summed E-state index contributed by atoms with van der Waals surface area (Å²) in [7, 11) is 3.03. The molecule has 1 unspecified atom stereocenters. The fourth-order valence-corrected chi connectivity index (χ4v) is 3.71. The number of aromatic hydroxyl groups is 1. The first-order valence-corrected chi connectivity index (χ1v) is 9.58. The fourth-order valence-electron chi connectivity index (χ4n) is 3.52. The van der Waals surface area contributed by atoms with Crippen LogP contribution in [0, 0.1) is 6.92 Å². The van der Waals surface area contributed by atoms with E-state index in [0.717, 1.165) is 5.56 Å². The van der Waals surface area contributed by atoms with E-state index in [1.54, 1.807) is 24.3 Å². The van der Waals surface area contributed by atoms with Crippen molar-refractivity contribution in [3.8, 4) is 11.5 Å². The number of amides is 1. The van der Waals surface area contributed by atoms with E-state index in [-0.39, 0.29) is 35.3 Å². The van der Waals surface area contributed by atoms with Crippen LogP contribution in [0.3, 0.4) is 0 Å². The Morgan fingerprint density at radius 2 is 1.90 bits per heavy atom. The molecule has 3 rings (SSSR count). The Morgan fingerprint density at radius 3 is 2.50 bits per heavy atom. The number of hydrogen-bond acceptors (Lipinski definition) is 6. The van der Waals surface area contributed by atoms with Crippen molar-refractivity contribution in [1.29, 1.82) is 0 Å². The second kappa shape index (κ2) is 8.77. The van der Waals surface area contributed by atoms with Gasteiger partial charge in [-0.1, -0.05) is 17.7 Å². The van der Waals surface area contributed by atoms with E-state index in [9.17, 15) is 19.8 Å². The van der Waals surface area contributed by atoms with Crippen LogP contribution in [0.2, 0.25) is 5.02 Å². The van der Waals surface area contributed by atoms with Gasteiger partial charge in [-0.05, 0) is 48.4 Å². The van der Waals surface area contributed by atoms with Crippen LogP contribution in [0.4, 0.5) is 0 Å². The van der Waals surface area contributed by atoms with Gasteiger partial charge in [0.1, 0.15) is 17.3 Å². The molecular weight excluding hydrogens is 410 g/mol. The van der Waals surface area contributed by atoms with E-state index in [0.29, 0.717) is 16.9 Å². The zero-order valence-corrected chi connectivity index (χ0v) is 17.6. The fraction of sp³-hybridized carbons (Fsp3) is 0.273. The number of aliphatic hydroxyl groups excluding tert-OH is 1. The molecule has 0 spiro atoms. The Kier molecular flexibility index (Phi) is 6.34. The maximum absolute atomic E-state index is 12.9. The molecule has 0 saturated carbocycles. The topological polar surface area (TPSA) is 96.3 Å². The highest BCUT2D eigenvalue weighted by molar-refractivity contribution is 6.46. The van der Waals surface area contributed by atoms with Gasteiger partial charge in [0, 0.05) is 19.2 Å². The van der Waals surface area contributed by atoms with Gasteiger partial charge in [0.15, 0.2) is 0 Å². The first-order valence-electron chi connectivity index (χ1n) is 9.21. The average Bonchev–Trinajstić information content (AvgIpc) is 2.98. The van der Waals surface area contributed by atoms with Crippen molar-refractivity contribution in [2.75, 3.05) is 27.4 Å². The number of ketones is 1. The van der Waals surface area contributed by atoms with Crippen LogP contribution in [0.15, 0.2) is 42.0 Å². The van der Waals surface area contributed by atoms with E-state index >= 15 is 0 Å². The van der Waals surface area contributed by atoms with Gasteiger partial charge in [0.05, 0.1) is 30.4 Å². The van der Waals surface area contributed by atoms with Crippen molar-refractivity contribution in [3.05, 3.63) is 63.7 Å². The quantitative estimate of drug-likeness (QED) is 0.413. The first-order chi connectivity index (χ1) is 14.3. The lowest BCUT2D eigenvalue weighted by Crippen LogP contribution is -2.32.